The fraction of sp³-hybridized carbons (Fsp3) is 0.143. The van der Waals surface area contributed by atoms with Crippen LogP contribution in [0.2, 0.25) is 0 Å². The van der Waals surface area contributed by atoms with Crippen molar-refractivity contribution in [1.82, 2.24) is 14.6 Å². The second kappa shape index (κ2) is 4.68. The predicted octanol–water partition coefficient (Wildman–Crippen LogP) is 2.47. The van der Waals surface area contributed by atoms with Crippen LogP contribution >= 0.6 is 0 Å². The average Bonchev–Trinajstić information content (AvgIpc) is 2.81. The van der Waals surface area contributed by atoms with Crippen molar-refractivity contribution in [3.8, 4) is 5.75 Å². The van der Waals surface area contributed by atoms with E-state index in [4.69, 9.17) is 4.74 Å². The van der Waals surface area contributed by atoms with Gasteiger partial charge in [-0.3, -0.25) is 4.40 Å². The highest BCUT2D eigenvalue weighted by molar-refractivity contribution is 5.44. The lowest BCUT2D eigenvalue weighted by atomic mass is 10.1. The highest BCUT2D eigenvalue weighted by atomic mass is 19.1. The number of halogens is 1. The van der Waals surface area contributed by atoms with Gasteiger partial charge in [0.2, 0.25) is 0 Å². The highest BCUT2D eigenvalue weighted by Crippen LogP contribution is 2.15. The molecular weight excluding hydrogens is 245 g/mol. The van der Waals surface area contributed by atoms with Gasteiger partial charge in [0, 0.05) is 18.7 Å². The molecule has 0 radical (unpaired) electrons. The molecule has 0 unspecified atom stereocenters. The first kappa shape index (κ1) is 11.6. The second-order valence-electron chi connectivity index (χ2n) is 4.22. The standard InChI is InChI=1S/C14H12FN3O/c1-19-12-5-6-18-13(16-17-14(18)9-12)8-10-3-2-4-11(15)7-10/h2-7,9H,8H2,1H3. The van der Waals surface area contributed by atoms with Crippen molar-refractivity contribution in [2.24, 2.45) is 0 Å². The zero-order valence-electron chi connectivity index (χ0n) is 10.4. The summed E-state index contributed by atoms with van der Waals surface area (Å²) in [5.74, 6) is 1.26. The monoisotopic (exact) mass is 257 g/mol. The van der Waals surface area contributed by atoms with Crippen LogP contribution in [0.3, 0.4) is 0 Å². The van der Waals surface area contributed by atoms with Crippen molar-refractivity contribution in [3.05, 3.63) is 59.8 Å². The van der Waals surface area contributed by atoms with E-state index in [1.165, 1.54) is 12.1 Å². The van der Waals surface area contributed by atoms with Crippen LogP contribution < -0.4 is 4.74 Å². The Bertz CT molecular complexity index is 724. The van der Waals surface area contributed by atoms with Crippen LogP contribution in [0.15, 0.2) is 42.6 Å². The number of nitrogens with zero attached hydrogens (tertiary/aromatic N) is 3. The van der Waals surface area contributed by atoms with Crippen LogP contribution in [-0.4, -0.2) is 21.7 Å². The first-order chi connectivity index (χ1) is 9.26. The Hall–Kier alpha value is -2.43. The van der Waals surface area contributed by atoms with Gasteiger partial charge in [-0.15, -0.1) is 10.2 Å². The summed E-state index contributed by atoms with van der Waals surface area (Å²) in [4.78, 5) is 0. The third kappa shape index (κ3) is 2.27. The van der Waals surface area contributed by atoms with Crippen molar-refractivity contribution in [3.63, 3.8) is 0 Å². The maximum absolute atomic E-state index is 13.1. The van der Waals surface area contributed by atoms with Gasteiger partial charge in [0.25, 0.3) is 0 Å². The molecule has 4 nitrogen and oxygen atoms in total. The molecule has 0 aliphatic rings. The smallest absolute Gasteiger partial charge is 0.164 e. The Morgan fingerprint density at radius 1 is 1.21 bits per heavy atom. The Balaban J connectivity index is 1.97. The summed E-state index contributed by atoms with van der Waals surface area (Å²) >= 11 is 0. The fourth-order valence-electron chi connectivity index (χ4n) is 2.00. The van der Waals surface area contributed by atoms with Gasteiger partial charge in [-0.1, -0.05) is 12.1 Å². The summed E-state index contributed by atoms with van der Waals surface area (Å²) in [5, 5.41) is 8.22. The van der Waals surface area contributed by atoms with Crippen LogP contribution in [0.4, 0.5) is 4.39 Å². The summed E-state index contributed by atoms with van der Waals surface area (Å²) < 4.78 is 20.2. The largest absolute Gasteiger partial charge is 0.497 e. The molecule has 3 rings (SSSR count). The molecule has 0 aliphatic heterocycles. The number of ether oxygens (including phenoxy) is 1. The molecule has 19 heavy (non-hydrogen) atoms. The number of methoxy groups -OCH3 is 1. The second-order valence-corrected chi connectivity index (χ2v) is 4.22. The van der Waals surface area contributed by atoms with E-state index in [1.54, 1.807) is 13.2 Å². The predicted molar refractivity (Wildman–Crippen MR) is 68.7 cm³/mol. The number of rotatable bonds is 3. The molecule has 0 saturated heterocycles. The number of fused-ring (bicyclic) bond motifs is 1. The number of hydrogen-bond donors (Lipinski definition) is 0. The lowest BCUT2D eigenvalue weighted by Crippen LogP contribution is -1.97. The molecule has 0 fully saturated rings. The zero-order chi connectivity index (χ0) is 13.2. The number of pyridine rings is 1. The first-order valence-corrected chi connectivity index (χ1v) is 5.88. The van der Waals surface area contributed by atoms with Crippen LogP contribution in [0, 0.1) is 5.82 Å². The highest BCUT2D eigenvalue weighted by Gasteiger charge is 2.07. The molecule has 0 atom stereocenters. The maximum Gasteiger partial charge on any atom is 0.164 e. The summed E-state index contributed by atoms with van der Waals surface area (Å²) in [6.07, 6.45) is 2.38. The van der Waals surface area contributed by atoms with Gasteiger partial charge in [0.1, 0.15) is 17.4 Å². The molecular formula is C14H12FN3O. The van der Waals surface area contributed by atoms with E-state index in [-0.39, 0.29) is 5.82 Å². The van der Waals surface area contributed by atoms with Crippen LogP contribution in [0.1, 0.15) is 11.4 Å². The molecule has 5 heteroatoms. The van der Waals surface area contributed by atoms with E-state index in [0.717, 1.165) is 17.1 Å². The van der Waals surface area contributed by atoms with E-state index < -0.39 is 0 Å². The maximum atomic E-state index is 13.1. The van der Waals surface area contributed by atoms with Crippen molar-refractivity contribution in [1.29, 1.82) is 0 Å². The molecule has 96 valence electrons. The van der Waals surface area contributed by atoms with E-state index in [1.807, 2.05) is 28.8 Å². The van der Waals surface area contributed by atoms with E-state index in [9.17, 15) is 4.39 Å². The van der Waals surface area contributed by atoms with Crippen LogP contribution in [0.25, 0.3) is 5.65 Å². The van der Waals surface area contributed by atoms with Crippen molar-refractivity contribution in [2.75, 3.05) is 7.11 Å². The summed E-state index contributed by atoms with van der Waals surface area (Å²) in [5.41, 5.74) is 1.58. The summed E-state index contributed by atoms with van der Waals surface area (Å²) in [7, 11) is 1.61. The van der Waals surface area contributed by atoms with E-state index >= 15 is 0 Å². The molecule has 0 N–H and O–H groups in total. The number of benzene rings is 1. The van der Waals surface area contributed by atoms with Gasteiger partial charge < -0.3 is 4.74 Å². The quantitative estimate of drug-likeness (QED) is 0.723. The van der Waals surface area contributed by atoms with Gasteiger partial charge in [0.05, 0.1) is 7.11 Å². The molecule has 2 heterocycles. The van der Waals surface area contributed by atoms with Gasteiger partial charge >= 0.3 is 0 Å². The zero-order valence-corrected chi connectivity index (χ0v) is 10.4. The summed E-state index contributed by atoms with van der Waals surface area (Å²) in [6, 6.07) is 10.1. The van der Waals surface area contributed by atoms with Gasteiger partial charge in [-0.25, -0.2) is 4.39 Å². The lowest BCUT2D eigenvalue weighted by molar-refractivity contribution is 0.414. The minimum atomic E-state index is -0.243. The first-order valence-electron chi connectivity index (χ1n) is 5.88. The number of aromatic nitrogens is 3. The van der Waals surface area contributed by atoms with Crippen molar-refractivity contribution in [2.45, 2.75) is 6.42 Å². The van der Waals surface area contributed by atoms with Crippen LogP contribution in [-0.2, 0) is 6.42 Å². The Labute approximate surface area is 109 Å². The molecule has 0 spiro atoms. The molecule has 2 aromatic heterocycles. The van der Waals surface area contributed by atoms with Gasteiger partial charge in [-0.2, -0.15) is 0 Å². The number of hydrogen-bond acceptors (Lipinski definition) is 3. The normalized spacial score (nSPS) is 10.8. The Morgan fingerprint density at radius 2 is 2.11 bits per heavy atom. The molecule has 1 aromatic carbocycles. The molecule has 0 amide bonds. The summed E-state index contributed by atoms with van der Waals surface area (Å²) in [6.45, 7) is 0. The molecule has 0 aliphatic carbocycles. The van der Waals surface area contributed by atoms with Gasteiger partial charge in [-0.05, 0) is 23.8 Å². The third-order valence-electron chi connectivity index (χ3n) is 2.94. The fourth-order valence-corrected chi connectivity index (χ4v) is 2.00. The Morgan fingerprint density at radius 3 is 2.89 bits per heavy atom. The minimum Gasteiger partial charge on any atom is -0.497 e. The molecule has 0 bridgehead atoms. The van der Waals surface area contributed by atoms with Gasteiger partial charge in [0.15, 0.2) is 5.65 Å². The topological polar surface area (TPSA) is 39.4 Å². The lowest BCUT2D eigenvalue weighted by Gasteiger charge is -2.02. The molecule has 0 saturated carbocycles. The van der Waals surface area contributed by atoms with Crippen molar-refractivity contribution >= 4 is 5.65 Å². The molecule has 3 aromatic rings. The van der Waals surface area contributed by atoms with E-state index in [2.05, 4.69) is 10.2 Å². The van der Waals surface area contributed by atoms with Crippen LogP contribution in [0.5, 0.6) is 5.75 Å². The Kier molecular flexibility index (Phi) is 2.87. The average molecular weight is 257 g/mol. The van der Waals surface area contributed by atoms with Crippen molar-refractivity contribution < 1.29 is 9.13 Å². The SMILES string of the molecule is COc1ccn2c(Cc3cccc(F)c3)nnc2c1. The minimum absolute atomic E-state index is 0.243. The third-order valence-corrected chi connectivity index (χ3v) is 2.94. The van der Waals surface area contributed by atoms with E-state index in [0.29, 0.717) is 12.1 Å².